The van der Waals surface area contributed by atoms with Crippen molar-refractivity contribution in [2.24, 2.45) is 0 Å². The topological polar surface area (TPSA) is 413 Å². The Morgan fingerprint density at radius 1 is 0.508 bits per heavy atom. The van der Waals surface area contributed by atoms with Crippen molar-refractivity contribution >= 4 is 112 Å². The molecule has 0 bridgehead atoms. The number of para-hydroxylation sites is 5. The maximum atomic E-state index is 14.1. The number of aliphatic hydroxyl groups excluding tert-OH is 1. The fourth-order valence-corrected chi connectivity index (χ4v) is 16.4. The minimum atomic E-state index is -0.796. The van der Waals surface area contributed by atoms with Gasteiger partial charge in [-0.05, 0) is 117 Å². The van der Waals surface area contributed by atoms with Crippen molar-refractivity contribution in [1.29, 1.82) is 0 Å². The number of aromatic hydroxyl groups is 2. The minimum absolute atomic E-state index is 0.0312. The molecule has 11 N–H and O–H groups in total. The number of anilines is 5. The highest BCUT2D eigenvalue weighted by molar-refractivity contribution is 6.00. The summed E-state index contributed by atoms with van der Waals surface area (Å²) in [7, 11) is 0. The predicted molar refractivity (Wildman–Crippen MR) is 497 cm³/mol. The Labute approximate surface area is 739 Å². The average Bonchev–Trinajstić information content (AvgIpc) is 1.50. The largest absolute Gasteiger partial charge is 0.508 e. The van der Waals surface area contributed by atoms with Gasteiger partial charge in [0.05, 0.1) is 104 Å². The third kappa shape index (κ3) is 16.7. The van der Waals surface area contributed by atoms with Crippen molar-refractivity contribution in [3.63, 3.8) is 0 Å². The molecule has 0 saturated carbocycles. The van der Waals surface area contributed by atoms with Crippen LogP contribution in [0.15, 0.2) is 256 Å². The molecule has 1 aliphatic heterocycles. The molecule has 2 atom stereocenters. The summed E-state index contributed by atoms with van der Waals surface area (Å²) in [6, 6.07) is 68.1. The number of aromatic nitrogens is 23. The first-order chi connectivity index (χ1) is 63.5. The summed E-state index contributed by atoms with van der Waals surface area (Å²) in [4.78, 5) is 68.5. The Balaban J connectivity index is 0.000000113. The Morgan fingerprint density at radius 2 is 1.08 bits per heavy atom. The van der Waals surface area contributed by atoms with Crippen LogP contribution in [0.4, 0.5) is 38.0 Å². The van der Waals surface area contributed by atoms with Gasteiger partial charge in [-0.3, -0.25) is 0 Å². The Bertz CT molecular complexity index is 7830. The van der Waals surface area contributed by atoms with E-state index >= 15 is 0 Å². The summed E-state index contributed by atoms with van der Waals surface area (Å²) in [6.45, 7) is 9.52. The van der Waals surface area contributed by atoms with Gasteiger partial charge in [-0.2, -0.15) is 15.3 Å². The molecule has 13 aromatic heterocycles. The molecule has 1 aliphatic rings. The molecule has 0 aliphatic carbocycles. The molecule has 21 aromatic rings. The zero-order valence-corrected chi connectivity index (χ0v) is 70.4. The number of H-pyrrole nitrogens is 1. The van der Waals surface area contributed by atoms with E-state index in [9.17, 15) is 24.1 Å². The van der Waals surface area contributed by atoms with Crippen LogP contribution in [0.25, 0.3) is 139 Å². The van der Waals surface area contributed by atoms with Crippen LogP contribution in [-0.4, -0.2) is 148 Å². The number of hydrogen-bond acceptors (Lipinski definition) is 25. The van der Waals surface area contributed by atoms with Gasteiger partial charge < -0.3 is 56.7 Å². The summed E-state index contributed by atoms with van der Waals surface area (Å²) >= 11 is 0. The van der Waals surface area contributed by atoms with Crippen molar-refractivity contribution in [2.75, 3.05) is 40.5 Å². The van der Waals surface area contributed by atoms with E-state index < -0.39 is 17.7 Å². The smallest absolute Gasteiger partial charge is 0.206 e. The van der Waals surface area contributed by atoms with E-state index in [1.807, 2.05) is 150 Å². The molecule has 33 heteroatoms. The lowest BCUT2D eigenvalue weighted by Gasteiger charge is -2.21. The number of nitrogens with zero attached hydrogens (tertiary/aromatic N) is 23. The number of nitrogen functional groups attached to an aromatic ring is 3. The molecule has 0 amide bonds. The highest BCUT2D eigenvalue weighted by Gasteiger charge is 2.28. The lowest BCUT2D eigenvalue weighted by molar-refractivity contribution is 0.253. The van der Waals surface area contributed by atoms with Crippen LogP contribution in [0.1, 0.15) is 67.4 Å². The number of aryl methyl sites for hydroxylation is 3. The number of pyridine rings is 2. The quantitative estimate of drug-likeness (QED) is 0.0392. The van der Waals surface area contributed by atoms with Gasteiger partial charge in [0.1, 0.15) is 100 Å². The minimum Gasteiger partial charge on any atom is -0.508 e. The van der Waals surface area contributed by atoms with Crippen LogP contribution < -0.4 is 27.4 Å². The average molecular weight is 1730 g/mol. The molecule has 0 spiro atoms. The summed E-state index contributed by atoms with van der Waals surface area (Å²) in [5.74, 6) is 6.52. The maximum Gasteiger partial charge on any atom is 0.206 e. The van der Waals surface area contributed by atoms with E-state index in [-0.39, 0.29) is 35.0 Å². The number of halogens is 2. The normalized spacial score (nSPS) is 12.4. The number of nitrogens with two attached hydrogens (primary N) is 3. The van der Waals surface area contributed by atoms with E-state index in [4.69, 9.17) is 52.3 Å². The molecule has 8 aromatic carbocycles. The van der Waals surface area contributed by atoms with Crippen LogP contribution in [0, 0.1) is 30.4 Å². The first-order valence-electron chi connectivity index (χ1n) is 42.0. The predicted octanol–water partition coefficient (Wildman–Crippen LogP) is 16.1. The third-order valence-corrected chi connectivity index (χ3v) is 22.4. The Hall–Kier alpha value is -17.2. The molecule has 130 heavy (non-hydrogen) atoms. The first kappa shape index (κ1) is 82.5. The number of nitrogens with one attached hydrogen (secondary N) is 2. The summed E-state index contributed by atoms with van der Waals surface area (Å²) in [5, 5.41) is 49.8. The zero-order chi connectivity index (χ0) is 89.0. The van der Waals surface area contributed by atoms with Gasteiger partial charge in [0, 0.05) is 76.7 Å². The van der Waals surface area contributed by atoms with Crippen molar-refractivity contribution in [1.82, 2.24) is 113 Å². The molecule has 1 fully saturated rings. The second-order valence-electron chi connectivity index (χ2n) is 31.0. The fraction of sp³-hybridized carbons (Fsp3) is 0.144. The maximum absolute atomic E-state index is 14.1. The number of rotatable bonds is 17. The van der Waals surface area contributed by atoms with Gasteiger partial charge in [-0.1, -0.05) is 146 Å². The van der Waals surface area contributed by atoms with Crippen molar-refractivity contribution in [2.45, 2.75) is 78.4 Å². The number of phenols is 2. The lowest BCUT2D eigenvalue weighted by atomic mass is 9.96. The SMILES string of the molecule is CCC(Nc1ncnc2nc[nH]c12)c1cc2ccccc2nc1-c1ccccc1.Cc1ccccc1-c1nc2ccccc2nc1Cn1nc(C#C[C@@H](C)O)c2c(N)ncnc21.Nc1ncnc2c1c(-c1cc(O)cc(F)c1)nn2CCn1c(N2CCCC2)nc2ccccc21.Nc1ncnc2c1c(-c1cc(O)cc(F)c1)nn2Cc1c(-c2ccccc2)nc2ccccn12. The zero-order valence-electron chi connectivity index (χ0n) is 70.4. The highest BCUT2D eigenvalue weighted by Crippen LogP contribution is 2.39. The van der Waals surface area contributed by atoms with Crippen molar-refractivity contribution in [3.05, 3.63) is 296 Å². The van der Waals surface area contributed by atoms with Gasteiger partial charge in [-0.25, -0.2) is 92.6 Å². The van der Waals surface area contributed by atoms with Crippen LogP contribution in [-0.2, 0) is 26.2 Å². The number of phenolic OH excluding ortho intramolecular Hbond substituents is 2. The van der Waals surface area contributed by atoms with Gasteiger partial charge in [0.15, 0.2) is 28.4 Å². The highest BCUT2D eigenvalue weighted by atomic mass is 19.1. The van der Waals surface area contributed by atoms with E-state index in [1.54, 1.807) is 27.3 Å². The molecule has 31 nitrogen and oxygen atoms in total. The Morgan fingerprint density at radius 3 is 1.75 bits per heavy atom. The Kier molecular flexibility index (Phi) is 22.7. The molecule has 0 radical (unpaired) electrons. The molecule has 22 rings (SSSR count). The molecule has 14 heterocycles. The molecular formula is C97H82F2N28O3. The number of fused-ring (bicyclic) bond motifs is 8. The summed E-state index contributed by atoms with van der Waals surface area (Å²) in [5.41, 5.74) is 38.5. The van der Waals surface area contributed by atoms with E-state index in [0.29, 0.717) is 93.1 Å². The van der Waals surface area contributed by atoms with Crippen LogP contribution in [0.5, 0.6) is 11.5 Å². The van der Waals surface area contributed by atoms with Crippen molar-refractivity contribution < 1.29 is 24.1 Å². The standard InChI is InChI=1S/C25H18FN7O.C25H21N7O.C24H23FN8O.C23H20N6/c26-17-10-16(11-18(34)12-17)23-21-24(27)28-14-29-25(21)33(31-23)13-19-22(15-6-2-1-3-7-15)30-20-8-4-5-9-32(19)20;1-15-7-3-4-8-17(15)23-21(29-18-9-5-6-10-19(18)30-23)13-32-25-22(24(26)27-14-28-25)20(31-32)12-11-16(2)33;25-16-11-15(12-17(34)13-16)21-20-22(26)27-14-28-23(20)33(30-21)10-9-32-19-6-2-1-5-18(19)29-24(32)31-7-3-4-8-31;1-2-18(29-23-21-22(25-13-24-21)26-14-27-23)17-12-16-10-6-7-11-19(16)28-20(17)15-8-4-3-5-9-15/h1-12,14,34H,13H2,(H2,27,28,29);3-10,14,16,33H,13H2,1-2H3,(H2,26,27,28);1-2,5-6,11-14,34H,3-4,7-10H2,(H2,26,27,28);3-14,18H,2H2,1H3,(H2,24,25,26,27,29)/t;16-;;/m.1../s1. The molecule has 1 unspecified atom stereocenters. The summed E-state index contributed by atoms with van der Waals surface area (Å²) in [6.07, 6.45) is 11.7. The van der Waals surface area contributed by atoms with Gasteiger partial charge in [-0.15, -0.1) is 0 Å². The lowest BCUT2D eigenvalue weighted by Crippen LogP contribution is -2.23. The van der Waals surface area contributed by atoms with E-state index in [2.05, 4.69) is 138 Å². The number of hydrogen-bond donors (Lipinski definition) is 8. The van der Waals surface area contributed by atoms with Gasteiger partial charge in [0.2, 0.25) is 5.95 Å². The monoisotopic (exact) mass is 1720 g/mol. The molecule has 1 saturated heterocycles. The van der Waals surface area contributed by atoms with E-state index in [0.717, 1.165) is 157 Å². The van der Waals surface area contributed by atoms with Gasteiger partial charge in [0.25, 0.3) is 0 Å². The van der Waals surface area contributed by atoms with Crippen LogP contribution >= 0.6 is 0 Å². The van der Waals surface area contributed by atoms with E-state index in [1.165, 1.54) is 49.6 Å². The number of aromatic amines is 1. The third-order valence-electron chi connectivity index (χ3n) is 22.4. The van der Waals surface area contributed by atoms with Crippen LogP contribution in [0.3, 0.4) is 0 Å². The molecule has 642 valence electrons. The van der Waals surface area contributed by atoms with Gasteiger partial charge >= 0.3 is 0 Å². The molecular weight excluding hydrogens is 1640 g/mol. The fourth-order valence-electron chi connectivity index (χ4n) is 16.4. The second kappa shape index (κ2) is 35.8. The number of imidazole rings is 3. The first-order valence-corrected chi connectivity index (χ1v) is 42.0. The number of benzene rings is 8. The van der Waals surface area contributed by atoms with Crippen molar-refractivity contribution in [3.8, 4) is 79.6 Å². The second-order valence-corrected chi connectivity index (χ2v) is 31.0. The van der Waals surface area contributed by atoms with Crippen LogP contribution in [0.2, 0.25) is 0 Å². The number of aliphatic hydroxyl groups is 1. The summed E-state index contributed by atoms with van der Waals surface area (Å²) < 4.78 is 37.5.